The minimum atomic E-state index is -0.692. The van der Waals surface area contributed by atoms with Gasteiger partial charge in [-0.1, -0.05) is 30.3 Å². The van der Waals surface area contributed by atoms with E-state index in [0.717, 1.165) is 5.56 Å². The van der Waals surface area contributed by atoms with Gasteiger partial charge in [0.2, 0.25) is 5.91 Å². The summed E-state index contributed by atoms with van der Waals surface area (Å²) in [5.41, 5.74) is 7.62. The van der Waals surface area contributed by atoms with Crippen LogP contribution < -0.4 is 20.7 Å². The number of hydrogen-bond donors (Lipinski definition) is 2. The Morgan fingerprint density at radius 3 is 2.61 bits per heavy atom. The normalized spacial score (nSPS) is 15.9. The second-order valence-corrected chi connectivity index (χ2v) is 5.25. The maximum atomic E-state index is 12.7. The van der Waals surface area contributed by atoms with Crippen LogP contribution in [0.3, 0.4) is 0 Å². The van der Waals surface area contributed by atoms with E-state index in [4.69, 9.17) is 10.5 Å². The van der Waals surface area contributed by atoms with E-state index in [9.17, 15) is 9.59 Å². The van der Waals surface area contributed by atoms with Crippen molar-refractivity contribution in [3.05, 3.63) is 54.1 Å². The Labute approximate surface area is 133 Å². The number of hydrogen-bond acceptors (Lipinski definition) is 3. The van der Waals surface area contributed by atoms with Gasteiger partial charge in [-0.3, -0.25) is 9.69 Å². The number of rotatable bonds is 3. The standard InChI is InChI=1S/C17H17N3O3/c1-23-15-9-5-3-7-12(15)19-17(22)20-13-8-4-2-6-11(13)10-14(20)16(18)21/h2-9,14H,10H2,1H3,(H2,18,21)(H,19,22)/t14-/m0/s1. The Kier molecular flexibility index (Phi) is 3.89. The van der Waals surface area contributed by atoms with Gasteiger partial charge in [0.15, 0.2) is 0 Å². The summed E-state index contributed by atoms with van der Waals surface area (Å²) in [5, 5.41) is 2.78. The van der Waals surface area contributed by atoms with E-state index in [1.807, 2.05) is 24.3 Å². The third kappa shape index (κ3) is 2.70. The highest BCUT2D eigenvalue weighted by molar-refractivity contribution is 6.08. The number of amides is 3. The van der Waals surface area contributed by atoms with Crippen LogP contribution in [0, 0.1) is 0 Å². The lowest BCUT2D eigenvalue weighted by Gasteiger charge is -2.24. The van der Waals surface area contributed by atoms with E-state index in [-0.39, 0.29) is 0 Å². The van der Waals surface area contributed by atoms with Gasteiger partial charge in [0, 0.05) is 12.1 Å². The van der Waals surface area contributed by atoms with E-state index >= 15 is 0 Å². The summed E-state index contributed by atoms with van der Waals surface area (Å²) in [7, 11) is 1.53. The monoisotopic (exact) mass is 311 g/mol. The molecule has 3 rings (SSSR count). The summed E-state index contributed by atoms with van der Waals surface area (Å²) in [6, 6.07) is 13.4. The lowest BCUT2D eigenvalue weighted by Crippen LogP contribution is -2.47. The Hall–Kier alpha value is -3.02. The molecule has 0 fully saturated rings. The minimum absolute atomic E-state index is 0.414. The zero-order chi connectivity index (χ0) is 16.4. The molecule has 3 amide bonds. The number of benzene rings is 2. The van der Waals surface area contributed by atoms with E-state index < -0.39 is 18.0 Å². The van der Waals surface area contributed by atoms with Crippen molar-refractivity contribution >= 4 is 23.3 Å². The van der Waals surface area contributed by atoms with Crippen molar-refractivity contribution in [2.75, 3.05) is 17.3 Å². The van der Waals surface area contributed by atoms with Crippen molar-refractivity contribution in [3.63, 3.8) is 0 Å². The van der Waals surface area contributed by atoms with Crippen LogP contribution in [0.1, 0.15) is 5.56 Å². The summed E-state index contributed by atoms with van der Waals surface area (Å²) >= 11 is 0. The number of nitrogens with two attached hydrogens (primary N) is 1. The van der Waals surface area contributed by atoms with Crippen molar-refractivity contribution in [1.82, 2.24) is 0 Å². The molecule has 3 N–H and O–H groups in total. The highest BCUT2D eigenvalue weighted by Crippen LogP contribution is 2.33. The van der Waals surface area contributed by atoms with E-state index in [1.54, 1.807) is 24.3 Å². The Morgan fingerprint density at radius 2 is 1.87 bits per heavy atom. The molecule has 2 aromatic rings. The number of methoxy groups -OCH3 is 1. The van der Waals surface area contributed by atoms with Gasteiger partial charge in [0.25, 0.3) is 0 Å². The summed E-state index contributed by atoms with van der Waals surface area (Å²) < 4.78 is 5.23. The molecule has 1 atom stereocenters. The maximum Gasteiger partial charge on any atom is 0.327 e. The van der Waals surface area contributed by atoms with E-state index in [1.165, 1.54) is 12.0 Å². The van der Waals surface area contributed by atoms with Crippen molar-refractivity contribution in [2.45, 2.75) is 12.5 Å². The first-order valence-electron chi connectivity index (χ1n) is 7.22. The summed E-state index contributed by atoms with van der Waals surface area (Å²) in [5.74, 6) is 0.0142. The van der Waals surface area contributed by atoms with E-state index in [0.29, 0.717) is 23.5 Å². The Bertz CT molecular complexity index is 760. The maximum absolute atomic E-state index is 12.7. The SMILES string of the molecule is COc1ccccc1NC(=O)N1c2ccccc2C[C@H]1C(N)=O. The molecule has 0 spiro atoms. The van der Waals surface area contributed by atoms with Crippen molar-refractivity contribution in [2.24, 2.45) is 5.73 Å². The lowest BCUT2D eigenvalue weighted by atomic mass is 10.1. The number of para-hydroxylation sites is 3. The smallest absolute Gasteiger partial charge is 0.327 e. The highest BCUT2D eigenvalue weighted by atomic mass is 16.5. The molecule has 1 heterocycles. The molecule has 0 aliphatic carbocycles. The van der Waals surface area contributed by atoms with Crippen LogP contribution in [0.15, 0.2) is 48.5 Å². The summed E-state index contributed by atoms with van der Waals surface area (Å²) in [6.45, 7) is 0. The predicted molar refractivity (Wildman–Crippen MR) is 87.6 cm³/mol. The van der Waals surface area contributed by atoms with Crippen LogP contribution in [-0.4, -0.2) is 25.1 Å². The fourth-order valence-corrected chi connectivity index (χ4v) is 2.79. The Balaban J connectivity index is 1.92. The number of fused-ring (bicyclic) bond motifs is 1. The van der Waals surface area contributed by atoms with Gasteiger partial charge in [0.1, 0.15) is 11.8 Å². The fraction of sp³-hybridized carbons (Fsp3) is 0.176. The molecular weight excluding hydrogens is 294 g/mol. The fourth-order valence-electron chi connectivity index (χ4n) is 2.79. The third-order valence-corrected chi connectivity index (χ3v) is 3.87. The van der Waals surface area contributed by atoms with Crippen LogP contribution in [0.4, 0.5) is 16.2 Å². The second-order valence-electron chi connectivity index (χ2n) is 5.25. The van der Waals surface area contributed by atoms with Crippen LogP contribution >= 0.6 is 0 Å². The molecule has 1 aliphatic heterocycles. The number of ether oxygens (including phenoxy) is 1. The number of urea groups is 1. The van der Waals surface area contributed by atoms with Crippen molar-refractivity contribution in [1.29, 1.82) is 0 Å². The molecule has 0 bridgehead atoms. The molecular formula is C17H17N3O3. The number of anilines is 2. The van der Waals surface area contributed by atoms with Crippen LogP contribution in [0.5, 0.6) is 5.75 Å². The van der Waals surface area contributed by atoms with Gasteiger partial charge in [-0.25, -0.2) is 4.79 Å². The number of primary amides is 1. The molecule has 118 valence electrons. The third-order valence-electron chi connectivity index (χ3n) is 3.87. The van der Waals surface area contributed by atoms with Crippen LogP contribution in [0.2, 0.25) is 0 Å². The largest absolute Gasteiger partial charge is 0.495 e. The molecule has 6 heteroatoms. The van der Waals surface area contributed by atoms with Crippen LogP contribution in [0.25, 0.3) is 0 Å². The molecule has 0 saturated carbocycles. The molecule has 2 aromatic carbocycles. The zero-order valence-electron chi connectivity index (χ0n) is 12.7. The average molecular weight is 311 g/mol. The van der Waals surface area contributed by atoms with Crippen molar-refractivity contribution < 1.29 is 14.3 Å². The number of carbonyl (C=O) groups is 2. The minimum Gasteiger partial charge on any atom is -0.495 e. The first-order valence-corrected chi connectivity index (χ1v) is 7.22. The van der Waals surface area contributed by atoms with Crippen molar-refractivity contribution in [3.8, 4) is 5.75 Å². The van der Waals surface area contributed by atoms with Gasteiger partial charge in [-0.2, -0.15) is 0 Å². The highest BCUT2D eigenvalue weighted by Gasteiger charge is 2.37. The van der Waals surface area contributed by atoms with Gasteiger partial charge < -0.3 is 15.8 Å². The van der Waals surface area contributed by atoms with Gasteiger partial charge in [-0.05, 0) is 23.8 Å². The molecule has 0 unspecified atom stereocenters. The van der Waals surface area contributed by atoms with Crippen LogP contribution in [-0.2, 0) is 11.2 Å². The molecule has 0 radical (unpaired) electrons. The second kappa shape index (κ2) is 6.00. The number of nitrogens with zero attached hydrogens (tertiary/aromatic N) is 1. The topological polar surface area (TPSA) is 84.7 Å². The first kappa shape index (κ1) is 14.9. The number of carbonyl (C=O) groups excluding carboxylic acids is 2. The average Bonchev–Trinajstić information content (AvgIpc) is 2.95. The summed E-state index contributed by atoms with van der Waals surface area (Å²) in [6.07, 6.45) is 0.421. The number of nitrogens with one attached hydrogen (secondary N) is 1. The molecule has 6 nitrogen and oxygen atoms in total. The molecule has 0 saturated heterocycles. The first-order chi connectivity index (χ1) is 11.1. The molecule has 23 heavy (non-hydrogen) atoms. The van der Waals surface area contributed by atoms with Gasteiger partial charge >= 0.3 is 6.03 Å². The van der Waals surface area contributed by atoms with E-state index in [2.05, 4.69) is 5.32 Å². The quantitative estimate of drug-likeness (QED) is 0.911. The van der Waals surface area contributed by atoms with Gasteiger partial charge in [-0.15, -0.1) is 0 Å². The zero-order valence-corrected chi connectivity index (χ0v) is 12.7. The Morgan fingerprint density at radius 1 is 1.17 bits per heavy atom. The molecule has 0 aromatic heterocycles. The lowest BCUT2D eigenvalue weighted by molar-refractivity contribution is -0.119. The molecule has 1 aliphatic rings. The predicted octanol–water partition coefficient (Wildman–Crippen LogP) is 2.14. The van der Waals surface area contributed by atoms with Gasteiger partial charge in [0.05, 0.1) is 12.8 Å². The summed E-state index contributed by atoms with van der Waals surface area (Å²) in [4.78, 5) is 25.9.